The minimum absolute atomic E-state index is 0.356. The second kappa shape index (κ2) is 11.4. The van der Waals surface area contributed by atoms with Gasteiger partial charge in [0.1, 0.15) is 0 Å². The summed E-state index contributed by atoms with van der Waals surface area (Å²) in [6.07, 6.45) is 0. The Morgan fingerprint density at radius 2 is 1.69 bits per heavy atom. The highest BCUT2D eigenvalue weighted by Crippen LogP contribution is 2.39. The lowest BCUT2D eigenvalue weighted by molar-refractivity contribution is 0.0996. The van der Waals surface area contributed by atoms with Crippen molar-refractivity contribution < 1.29 is 23.7 Å². The van der Waals surface area contributed by atoms with Crippen LogP contribution in [0.5, 0.6) is 17.2 Å². The average Bonchev–Trinajstić information content (AvgIpc) is 3.10. The largest absolute Gasteiger partial charge is 0.490 e. The fraction of sp³-hybridized carbons (Fsp3) is 0.391. The van der Waals surface area contributed by atoms with Crippen LogP contribution in [-0.2, 0) is 11.3 Å². The van der Waals surface area contributed by atoms with Crippen molar-refractivity contribution in [3.63, 3.8) is 0 Å². The molecule has 0 unspecified atom stereocenters. The van der Waals surface area contributed by atoms with Gasteiger partial charge in [-0.15, -0.1) is 0 Å². The van der Waals surface area contributed by atoms with Gasteiger partial charge in [0.05, 0.1) is 36.6 Å². The Hall–Kier alpha value is -2.55. The molecule has 0 radical (unpaired) electrons. The van der Waals surface area contributed by atoms with E-state index in [0.717, 1.165) is 10.2 Å². The zero-order valence-corrected chi connectivity index (χ0v) is 20.2. The first-order valence-corrected chi connectivity index (χ1v) is 11.6. The lowest BCUT2D eigenvalue weighted by Crippen LogP contribution is -2.19. The van der Waals surface area contributed by atoms with Gasteiger partial charge in [-0.1, -0.05) is 22.9 Å². The third kappa shape index (κ3) is 5.43. The summed E-state index contributed by atoms with van der Waals surface area (Å²) in [6, 6.07) is 8.90. The molecule has 0 bridgehead atoms. The van der Waals surface area contributed by atoms with Gasteiger partial charge in [-0.25, -0.2) is 0 Å². The fourth-order valence-electron chi connectivity index (χ4n) is 3.19. The van der Waals surface area contributed by atoms with Crippen molar-refractivity contribution in [3.8, 4) is 17.2 Å². The molecule has 1 aromatic heterocycles. The molecule has 32 heavy (non-hydrogen) atoms. The fourth-order valence-corrected chi connectivity index (χ4v) is 4.53. The number of thiazole rings is 1. The van der Waals surface area contributed by atoms with Crippen LogP contribution < -0.4 is 19.0 Å². The zero-order valence-electron chi connectivity index (χ0n) is 18.6. The van der Waals surface area contributed by atoms with Crippen molar-refractivity contribution in [2.45, 2.75) is 27.3 Å². The Bertz CT molecular complexity index is 1130. The first kappa shape index (κ1) is 24.1. The van der Waals surface area contributed by atoms with Crippen LogP contribution >= 0.6 is 22.9 Å². The average molecular weight is 479 g/mol. The molecule has 0 aliphatic heterocycles. The maximum absolute atomic E-state index is 13.2. The Balaban J connectivity index is 2.11. The van der Waals surface area contributed by atoms with Gasteiger partial charge < -0.3 is 23.5 Å². The van der Waals surface area contributed by atoms with Gasteiger partial charge >= 0.3 is 0 Å². The van der Waals surface area contributed by atoms with Crippen LogP contribution in [0.2, 0.25) is 5.02 Å². The normalized spacial score (nSPS) is 11.7. The van der Waals surface area contributed by atoms with E-state index in [1.807, 2.05) is 43.5 Å². The number of methoxy groups -OCH3 is 1. The van der Waals surface area contributed by atoms with Gasteiger partial charge in [-0.05, 0) is 51.1 Å². The summed E-state index contributed by atoms with van der Waals surface area (Å²) in [5, 5.41) is 0.629. The maximum Gasteiger partial charge on any atom is 0.279 e. The van der Waals surface area contributed by atoms with E-state index in [1.54, 1.807) is 19.2 Å². The van der Waals surface area contributed by atoms with Crippen LogP contribution in [0.15, 0.2) is 35.3 Å². The number of halogens is 1. The van der Waals surface area contributed by atoms with Gasteiger partial charge in [0.15, 0.2) is 16.3 Å². The predicted octanol–water partition coefficient (Wildman–Crippen LogP) is 4.94. The Morgan fingerprint density at radius 1 is 1.03 bits per heavy atom. The Morgan fingerprint density at radius 3 is 2.28 bits per heavy atom. The topological polar surface area (TPSA) is 71.3 Å². The van der Waals surface area contributed by atoms with Crippen molar-refractivity contribution in [1.82, 2.24) is 4.57 Å². The minimum Gasteiger partial charge on any atom is -0.490 e. The Labute approximate surface area is 196 Å². The number of hydrogen-bond donors (Lipinski definition) is 0. The molecule has 0 N–H and O–H groups in total. The number of nitrogens with zero attached hydrogens (tertiary/aromatic N) is 2. The van der Waals surface area contributed by atoms with Gasteiger partial charge in [0.2, 0.25) is 5.75 Å². The van der Waals surface area contributed by atoms with E-state index in [4.69, 9.17) is 30.5 Å². The molecule has 1 heterocycles. The van der Waals surface area contributed by atoms with E-state index in [0.29, 0.717) is 65.6 Å². The molecule has 0 spiro atoms. The van der Waals surface area contributed by atoms with Crippen LogP contribution in [0.4, 0.5) is 0 Å². The number of benzene rings is 2. The molecule has 9 heteroatoms. The third-order valence-electron chi connectivity index (χ3n) is 4.52. The third-order valence-corrected chi connectivity index (χ3v) is 5.79. The van der Waals surface area contributed by atoms with E-state index >= 15 is 0 Å². The van der Waals surface area contributed by atoms with Crippen LogP contribution in [0.1, 0.15) is 31.1 Å². The highest BCUT2D eigenvalue weighted by Gasteiger charge is 2.19. The van der Waals surface area contributed by atoms with Gasteiger partial charge in [-0.2, -0.15) is 4.99 Å². The molecule has 3 aromatic rings. The van der Waals surface area contributed by atoms with Crippen LogP contribution in [-0.4, -0.2) is 44.0 Å². The van der Waals surface area contributed by atoms with Crippen LogP contribution in [0.3, 0.4) is 0 Å². The number of carbonyl (C=O) groups excluding carboxylic acids is 1. The number of aromatic nitrogens is 1. The van der Waals surface area contributed by atoms with E-state index in [2.05, 4.69) is 4.99 Å². The number of amides is 1. The molecule has 3 rings (SSSR count). The summed E-state index contributed by atoms with van der Waals surface area (Å²) in [5.74, 6) is 0.988. The molecule has 0 aliphatic carbocycles. The predicted molar refractivity (Wildman–Crippen MR) is 127 cm³/mol. The first-order valence-electron chi connectivity index (χ1n) is 10.5. The van der Waals surface area contributed by atoms with Gasteiger partial charge in [0.25, 0.3) is 5.91 Å². The highest BCUT2D eigenvalue weighted by molar-refractivity contribution is 7.16. The van der Waals surface area contributed by atoms with Crippen molar-refractivity contribution in [2.24, 2.45) is 4.99 Å². The van der Waals surface area contributed by atoms with Crippen molar-refractivity contribution in [3.05, 3.63) is 45.7 Å². The molecule has 2 aromatic carbocycles. The van der Waals surface area contributed by atoms with E-state index < -0.39 is 5.91 Å². The molecule has 0 saturated carbocycles. The molecule has 0 fully saturated rings. The van der Waals surface area contributed by atoms with E-state index in [-0.39, 0.29) is 0 Å². The van der Waals surface area contributed by atoms with Crippen LogP contribution in [0, 0.1) is 0 Å². The van der Waals surface area contributed by atoms with Crippen LogP contribution in [0.25, 0.3) is 10.2 Å². The maximum atomic E-state index is 13.2. The summed E-state index contributed by atoms with van der Waals surface area (Å²) < 4.78 is 25.3. The van der Waals surface area contributed by atoms with Gasteiger partial charge in [-0.3, -0.25) is 4.79 Å². The SMILES string of the molecule is CCOc1cc(C(=O)N=c2sc3cc(Cl)ccc3n2CCOC)cc(OCC)c1OCC. The number of carbonyl (C=O) groups is 1. The summed E-state index contributed by atoms with van der Waals surface area (Å²) in [4.78, 5) is 18.2. The standard InChI is InChI=1S/C23H27ClN2O5S/c1-5-29-18-12-15(13-19(30-6-2)21(18)31-7-3)22(27)25-23-26(10-11-28-4)17-9-8-16(24)14-20(17)32-23/h8-9,12-14H,5-7,10-11H2,1-4H3. The number of ether oxygens (including phenoxy) is 4. The molecule has 172 valence electrons. The minimum atomic E-state index is -0.404. The second-order valence-corrected chi connectivity index (χ2v) is 8.10. The van der Waals surface area contributed by atoms with E-state index in [1.165, 1.54) is 11.3 Å². The van der Waals surface area contributed by atoms with E-state index in [9.17, 15) is 4.79 Å². The molecule has 0 atom stereocenters. The summed E-state index contributed by atoms with van der Waals surface area (Å²) in [7, 11) is 1.64. The van der Waals surface area contributed by atoms with Crippen molar-refractivity contribution in [2.75, 3.05) is 33.5 Å². The lowest BCUT2D eigenvalue weighted by atomic mass is 10.1. The molecular weight excluding hydrogens is 452 g/mol. The number of rotatable bonds is 10. The Kier molecular flexibility index (Phi) is 8.55. The molecule has 7 nitrogen and oxygen atoms in total. The zero-order chi connectivity index (χ0) is 23.1. The molecule has 0 aliphatic rings. The number of hydrogen-bond acceptors (Lipinski definition) is 6. The number of fused-ring (bicyclic) bond motifs is 1. The summed E-state index contributed by atoms with van der Waals surface area (Å²) >= 11 is 7.56. The smallest absolute Gasteiger partial charge is 0.279 e. The molecule has 0 saturated heterocycles. The first-order chi connectivity index (χ1) is 15.5. The monoisotopic (exact) mass is 478 g/mol. The quantitative estimate of drug-likeness (QED) is 0.412. The lowest BCUT2D eigenvalue weighted by Gasteiger charge is -2.16. The van der Waals surface area contributed by atoms with Crippen molar-refractivity contribution in [1.29, 1.82) is 0 Å². The molecular formula is C23H27ClN2O5S. The summed E-state index contributed by atoms with van der Waals surface area (Å²) in [5.41, 5.74) is 1.30. The second-order valence-electron chi connectivity index (χ2n) is 6.66. The van der Waals surface area contributed by atoms with Gasteiger partial charge in [0, 0.05) is 24.2 Å². The highest BCUT2D eigenvalue weighted by atomic mass is 35.5. The summed E-state index contributed by atoms with van der Waals surface area (Å²) in [6.45, 7) is 7.97. The molecule has 1 amide bonds. The van der Waals surface area contributed by atoms with Crippen molar-refractivity contribution >= 4 is 39.1 Å².